The van der Waals surface area contributed by atoms with Crippen molar-refractivity contribution in [3.05, 3.63) is 65.7 Å². The fourth-order valence-electron chi connectivity index (χ4n) is 3.42. The van der Waals surface area contributed by atoms with Crippen LogP contribution in [0.5, 0.6) is 5.75 Å². The van der Waals surface area contributed by atoms with E-state index in [2.05, 4.69) is 10.4 Å². The summed E-state index contributed by atoms with van der Waals surface area (Å²) >= 11 is 0. The number of methoxy groups -OCH3 is 1. The number of ether oxygens (including phenoxy) is 1. The number of hydrazone groups is 1. The van der Waals surface area contributed by atoms with Crippen molar-refractivity contribution in [3.8, 4) is 5.75 Å². The van der Waals surface area contributed by atoms with Crippen molar-refractivity contribution >= 4 is 17.6 Å². The molecule has 1 atom stereocenters. The summed E-state index contributed by atoms with van der Waals surface area (Å²) in [5.41, 5.74) is 2.34. The summed E-state index contributed by atoms with van der Waals surface area (Å²) in [6, 6.07) is 17.0. The van der Waals surface area contributed by atoms with Crippen LogP contribution >= 0.6 is 0 Å². The lowest BCUT2D eigenvalue weighted by atomic mass is 9.98. The molecule has 7 heteroatoms. The Morgan fingerprint density at radius 3 is 2.52 bits per heavy atom. The maximum atomic E-state index is 13.2. The Morgan fingerprint density at radius 1 is 1.16 bits per heavy atom. The molecule has 0 fully saturated rings. The monoisotopic (exact) mass is 422 g/mol. The van der Waals surface area contributed by atoms with Gasteiger partial charge in [0, 0.05) is 24.6 Å². The molecule has 0 aliphatic carbocycles. The van der Waals surface area contributed by atoms with Crippen LogP contribution in [0.2, 0.25) is 0 Å². The molecule has 0 saturated carbocycles. The highest BCUT2D eigenvalue weighted by Gasteiger charge is 2.34. The summed E-state index contributed by atoms with van der Waals surface area (Å²) in [5.74, 6) is 0.498. The molecular weight excluding hydrogens is 392 g/mol. The molecule has 0 bridgehead atoms. The predicted octanol–water partition coefficient (Wildman–Crippen LogP) is 3.81. The number of likely N-dealkylation sites (N-methyl/N-ethyl adjacent to an activating group) is 1. The second-order valence-electron chi connectivity index (χ2n) is 8.68. The van der Waals surface area contributed by atoms with Gasteiger partial charge in [-0.15, -0.1) is 0 Å². The van der Waals surface area contributed by atoms with Crippen LogP contribution in [0.3, 0.4) is 0 Å². The smallest absolute Gasteiger partial charge is 0.318 e. The van der Waals surface area contributed by atoms with Crippen LogP contribution in [0.25, 0.3) is 0 Å². The maximum Gasteiger partial charge on any atom is 0.318 e. The van der Waals surface area contributed by atoms with E-state index in [1.807, 2.05) is 75.4 Å². The first-order chi connectivity index (χ1) is 14.7. The van der Waals surface area contributed by atoms with E-state index in [0.717, 1.165) is 22.6 Å². The van der Waals surface area contributed by atoms with Crippen LogP contribution in [-0.2, 0) is 4.79 Å². The molecule has 1 aliphatic heterocycles. The number of hydrogen-bond donors (Lipinski definition) is 1. The molecule has 3 rings (SSSR count). The Hall–Kier alpha value is -3.35. The van der Waals surface area contributed by atoms with Crippen molar-refractivity contribution in [2.45, 2.75) is 38.8 Å². The lowest BCUT2D eigenvalue weighted by molar-refractivity contribution is -0.133. The van der Waals surface area contributed by atoms with Gasteiger partial charge in [-0.25, -0.2) is 9.80 Å². The van der Waals surface area contributed by atoms with Crippen molar-refractivity contribution in [2.75, 3.05) is 20.7 Å². The average Bonchev–Trinajstić information content (AvgIpc) is 3.19. The largest absolute Gasteiger partial charge is 0.497 e. The van der Waals surface area contributed by atoms with Crippen LogP contribution in [0.4, 0.5) is 4.79 Å². The van der Waals surface area contributed by atoms with E-state index in [-0.39, 0.29) is 30.1 Å². The number of urea groups is 1. The van der Waals surface area contributed by atoms with Gasteiger partial charge >= 0.3 is 6.03 Å². The number of carbonyl (C=O) groups is 2. The van der Waals surface area contributed by atoms with Gasteiger partial charge in [-0.05, 0) is 38.5 Å². The van der Waals surface area contributed by atoms with Crippen LogP contribution in [0.1, 0.15) is 44.4 Å². The molecule has 0 saturated heterocycles. The lowest BCUT2D eigenvalue weighted by Gasteiger charge is -2.27. The van der Waals surface area contributed by atoms with Crippen LogP contribution in [0.15, 0.2) is 59.7 Å². The zero-order chi connectivity index (χ0) is 22.6. The van der Waals surface area contributed by atoms with E-state index in [1.165, 1.54) is 9.91 Å². The number of amides is 3. The number of carbonyl (C=O) groups excluding carboxylic acids is 2. The van der Waals surface area contributed by atoms with Crippen LogP contribution in [-0.4, -0.2) is 53.8 Å². The topological polar surface area (TPSA) is 74.2 Å². The van der Waals surface area contributed by atoms with Crippen molar-refractivity contribution in [2.24, 2.45) is 5.10 Å². The van der Waals surface area contributed by atoms with Gasteiger partial charge in [-0.3, -0.25) is 4.79 Å². The maximum absolute atomic E-state index is 13.2. The highest BCUT2D eigenvalue weighted by Crippen LogP contribution is 2.33. The van der Waals surface area contributed by atoms with E-state index in [9.17, 15) is 9.59 Å². The molecular formula is C24H30N4O3. The normalized spacial score (nSPS) is 16.0. The van der Waals surface area contributed by atoms with Gasteiger partial charge in [0.2, 0.25) is 0 Å². The van der Waals surface area contributed by atoms with E-state index in [1.54, 1.807) is 14.2 Å². The van der Waals surface area contributed by atoms with Crippen molar-refractivity contribution in [1.82, 2.24) is 15.2 Å². The van der Waals surface area contributed by atoms with E-state index in [4.69, 9.17) is 4.74 Å². The highest BCUT2D eigenvalue weighted by atomic mass is 16.5. The summed E-state index contributed by atoms with van der Waals surface area (Å²) in [7, 11) is 3.23. The zero-order valence-electron chi connectivity index (χ0n) is 18.8. The minimum Gasteiger partial charge on any atom is -0.497 e. The summed E-state index contributed by atoms with van der Waals surface area (Å²) < 4.78 is 5.33. The third-order valence-electron chi connectivity index (χ3n) is 4.95. The Bertz CT molecular complexity index is 966. The molecule has 2 aromatic rings. The van der Waals surface area contributed by atoms with Gasteiger partial charge in [-0.1, -0.05) is 42.5 Å². The standard InChI is InChI=1S/C24H30N4O3/c1-24(2,3)25-23(30)27(4)16-22(29)28-21(17-10-7-6-8-11-17)15-20(26-28)18-12-9-13-19(14-18)31-5/h6-14,21H,15-16H2,1-5H3,(H,25,30)/t21-/m1/s1. The Morgan fingerprint density at radius 2 is 1.87 bits per heavy atom. The first-order valence-electron chi connectivity index (χ1n) is 10.3. The van der Waals surface area contributed by atoms with E-state index >= 15 is 0 Å². The second kappa shape index (κ2) is 9.20. The average molecular weight is 423 g/mol. The molecule has 2 aromatic carbocycles. The first kappa shape index (κ1) is 22.3. The van der Waals surface area contributed by atoms with E-state index < -0.39 is 0 Å². The van der Waals surface area contributed by atoms with Gasteiger partial charge in [0.25, 0.3) is 5.91 Å². The fraction of sp³-hybridized carbons (Fsp3) is 0.375. The zero-order valence-corrected chi connectivity index (χ0v) is 18.8. The SMILES string of the molecule is COc1cccc(C2=NN(C(=O)CN(C)C(=O)NC(C)(C)C)[C@@H](c3ccccc3)C2)c1. The van der Waals surface area contributed by atoms with Crippen molar-refractivity contribution in [3.63, 3.8) is 0 Å². The van der Waals surface area contributed by atoms with Gasteiger partial charge in [-0.2, -0.15) is 5.10 Å². The molecule has 31 heavy (non-hydrogen) atoms. The molecule has 0 radical (unpaired) electrons. The number of nitrogens with one attached hydrogen (secondary N) is 1. The molecule has 0 unspecified atom stereocenters. The fourth-order valence-corrected chi connectivity index (χ4v) is 3.42. The Balaban J connectivity index is 1.84. The van der Waals surface area contributed by atoms with Crippen molar-refractivity contribution < 1.29 is 14.3 Å². The Labute approximate surface area is 183 Å². The third kappa shape index (κ3) is 5.63. The van der Waals surface area contributed by atoms with Gasteiger partial charge < -0.3 is 15.0 Å². The lowest BCUT2D eigenvalue weighted by Crippen LogP contribution is -2.49. The van der Waals surface area contributed by atoms with E-state index in [0.29, 0.717) is 6.42 Å². The van der Waals surface area contributed by atoms with Crippen molar-refractivity contribution in [1.29, 1.82) is 0 Å². The quantitative estimate of drug-likeness (QED) is 0.796. The summed E-state index contributed by atoms with van der Waals surface area (Å²) in [4.78, 5) is 27.0. The predicted molar refractivity (Wildman–Crippen MR) is 121 cm³/mol. The molecule has 1 heterocycles. The second-order valence-corrected chi connectivity index (χ2v) is 8.68. The summed E-state index contributed by atoms with van der Waals surface area (Å²) in [6.45, 7) is 5.63. The van der Waals surface area contributed by atoms with Crippen LogP contribution < -0.4 is 10.1 Å². The number of nitrogens with zero attached hydrogens (tertiary/aromatic N) is 3. The molecule has 164 valence electrons. The third-order valence-corrected chi connectivity index (χ3v) is 4.95. The van der Waals surface area contributed by atoms with Gasteiger partial charge in [0.15, 0.2) is 0 Å². The molecule has 1 aliphatic rings. The molecule has 0 aromatic heterocycles. The van der Waals surface area contributed by atoms with Gasteiger partial charge in [0.1, 0.15) is 12.3 Å². The number of benzene rings is 2. The molecule has 1 N–H and O–H groups in total. The first-order valence-corrected chi connectivity index (χ1v) is 10.3. The summed E-state index contributed by atoms with van der Waals surface area (Å²) in [5, 5.41) is 9.04. The highest BCUT2D eigenvalue weighted by molar-refractivity contribution is 6.03. The summed E-state index contributed by atoms with van der Waals surface area (Å²) in [6.07, 6.45) is 0.584. The molecule has 7 nitrogen and oxygen atoms in total. The molecule has 3 amide bonds. The number of hydrogen-bond acceptors (Lipinski definition) is 4. The minimum atomic E-state index is -0.383. The minimum absolute atomic E-state index is 0.0693. The number of rotatable bonds is 5. The van der Waals surface area contributed by atoms with Gasteiger partial charge in [0.05, 0.1) is 18.9 Å². The van der Waals surface area contributed by atoms with Crippen LogP contribution in [0, 0.1) is 0 Å². The Kier molecular flexibility index (Phi) is 6.63. The molecule has 0 spiro atoms.